The van der Waals surface area contributed by atoms with Crippen LogP contribution in [0.1, 0.15) is 37.7 Å². The van der Waals surface area contributed by atoms with Crippen molar-refractivity contribution in [3.63, 3.8) is 0 Å². The molecule has 0 amide bonds. The smallest absolute Gasteiger partial charge is 0.258 e. The quantitative estimate of drug-likeness (QED) is 0.556. The van der Waals surface area contributed by atoms with E-state index < -0.39 is 0 Å². The number of allylic oxidation sites excluding steroid dienone is 1. The normalized spacial score (nSPS) is 15.9. The van der Waals surface area contributed by atoms with Crippen molar-refractivity contribution in [2.75, 3.05) is 0 Å². The second-order valence-corrected chi connectivity index (χ2v) is 4.21. The van der Waals surface area contributed by atoms with Crippen molar-refractivity contribution in [3.8, 4) is 0 Å². The lowest BCUT2D eigenvalue weighted by molar-refractivity contribution is -0.384. The molecule has 0 atom stereocenters. The van der Waals surface area contributed by atoms with E-state index in [0.717, 1.165) is 5.56 Å². The predicted octanol–water partition coefficient (Wildman–Crippen LogP) is 3.94. The molecule has 3 nitrogen and oxygen atoms in total. The molecule has 16 heavy (non-hydrogen) atoms. The lowest BCUT2D eigenvalue weighted by atomic mass is 9.93. The molecule has 0 heterocycles. The summed E-state index contributed by atoms with van der Waals surface area (Å²) in [6.07, 6.45) is 8.41. The summed E-state index contributed by atoms with van der Waals surface area (Å²) in [6, 6.07) is 6.77. The van der Waals surface area contributed by atoms with Crippen molar-refractivity contribution in [1.29, 1.82) is 0 Å². The van der Waals surface area contributed by atoms with Crippen LogP contribution in [-0.2, 0) is 0 Å². The zero-order chi connectivity index (χ0) is 11.4. The average molecular weight is 217 g/mol. The molecule has 2 rings (SSSR count). The van der Waals surface area contributed by atoms with Crippen LogP contribution >= 0.6 is 0 Å². The van der Waals surface area contributed by atoms with E-state index in [2.05, 4.69) is 6.08 Å². The number of hydrogen-bond donors (Lipinski definition) is 0. The maximum atomic E-state index is 10.5. The van der Waals surface area contributed by atoms with Crippen molar-refractivity contribution in [2.45, 2.75) is 32.1 Å². The molecule has 1 aliphatic rings. The van der Waals surface area contributed by atoms with E-state index in [-0.39, 0.29) is 10.6 Å². The molecule has 0 saturated heterocycles. The Morgan fingerprint density at radius 1 is 1.06 bits per heavy atom. The molecule has 1 fully saturated rings. The Balaban J connectivity index is 2.12. The third kappa shape index (κ3) is 2.69. The number of nitro groups is 1. The van der Waals surface area contributed by atoms with Gasteiger partial charge in [-0.3, -0.25) is 10.1 Å². The van der Waals surface area contributed by atoms with Crippen LogP contribution in [0.2, 0.25) is 0 Å². The summed E-state index contributed by atoms with van der Waals surface area (Å²) >= 11 is 0. The molecule has 0 radical (unpaired) electrons. The average Bonchev–Trinajstić information content (AvgIpc) is 2.31. The van der Waals surface area contributed by atoms with Crippen LogP contribution in [0.5, 0.6) is 0 Å². The standard InChI is InChI=1S/C13H15NO2/c15-14(16)13-8-6-12(7-9-13)10-11-4-2-1-3-5-11/h6-10H,1-5H2. The molecule has 3 heteroatoms. The molecule has 0 unspecified atom stereocenters. The minimum absolute atomic E-state index is 0.158. The van der Waals surface area contributed by atoms with Crippen molar-refractivity contribution < 1.29 is 4.92 Å². The maximum Gasteiger partial charge on any atom is 0.269 e. The van der Waals surface area contributed by atoms with Crippen LogP contribution in [0, 0.1) is 10.1 Å². The molecular weight excluding hydrogens is 202 g/mol. The van der Waals surface area contributed by atoms with Crippen molar-refractivity contribution in [2.24, 2.45) is 0 Å². The summed E-state index contributed by atoms with van der Waals surface area (Å²) in [6.45, 7) is 0. The minimum Gasteiger partial charge on any atom is -0.258 e. The van der Waals surface area contributed by atoms with E-state index >= 15 is 0 Å². The minimum atomic E-state index is -0.364. The van der Waals surface area contributed by atoms with Gasteiger partial charge in [0.25, 0.3) is 5.69 Å². The molecular formula is C13H15NO2. The summed E-state index contributed by atoms with van der Waals surface area (Å²) in [5, 5.41) is 10.5. The Hall–Kier alpha value is -1.64. The van der Waals surface area contributed by atoms with Crippen molar-refractivity contribution >= 4 is 11.8 Å². The van der Waals surface area contributed by atoms with Gasteiger partial charge >= 0.3 is 0 Å². The van der Waals surface area contributed by atoms with E-state index in [0.29, 0.717) is 0 Å². The monoisotopic (exact) mass is 217 g/mol. The van der Waals surface area contributed by atoms with Gasteiger partial charge in [-0.05, 0) is 43.4 Å². The summed E-state index contributed by atoms with van der Waals surface area (Å²) < 4.78 is 0. The Labute approximate surface area is 94.9 Å². The van der Waals surface area contributed by atoms with Crippen LogP contribution in [0.3, 0.4) is 0 Å². The van der Waals surface area contributed by atoms with Gasteiger partial charge < -0.3 is 0 Å². The molecule has 1 aliphatic carbocycles. The van der Waals surface area contributed by atoms with Crippen molar-refractivity contribution in [1.82, 2.24) is 0 Å². The highest BCUT2D eigenvalue weighted by Gasteiger charge is 2.06. The summed E-state index contributed by atoms with van der Waals surface area (Å²) in [7, 11) is 0. The Morgan fingerprint density at radius 3 is 2.25 bits per heavy atom. The molecule has 0 bridgehead atoms. The van der Waals surface area contributed by atoms with Gasteiger partial charge in [-0.25, -0.2) is 0 Å². The Kier molecular flexibility index (Phi) is 3.34. The van der Waals surface area contributed by atoms with E-state index in [1.807, 2.05) is 12.1 Å². The first kappa shape index (κ1) is 10.9. The third-order valence-corrected chi connectivity index (χ3v) is 2.97. The number of nitro benzene ring substituents is 1. The van der Waals surface area contributed by atoms with E-state index in [9.17, 15) is 10.1 Å². The van der Waals surface area contributed by atoms with E-state index in [1.165, 1.54) is 37.7 Å². The number of hydrogen-bond acceptors (Lipinski definition) is 2. The van der Waals surface area contributed by atoms with Gasteiger partial charge in [0, 0.05) is 12.1 Å². The molecule has 1 aromatic rings. The fourth-order valence-corrected chi connectivity index (χ4v) is 2.08. The molecule has 1 aromatic carbocycles. The zero-order valence-corrected chi connectivity index (χ0v) is 9.19. The first-order valence-electron chi connectivity index (χ1n) is 5.69. The molecule has 0 aromatic heterocycles. The number of non-ortho nitro benzene ring substituents is 1. The maximum absolute atomic E-state index is 10.5. The van der Waals surface area contributed by atoms with E-state index in [4.69, 9.17) is 0 Å². The first-order valence-corrected chi connectivity index (χ1v) is 5.69. The van der Waals surface area contributed by atoms with Crippen LogP contribution in [0.25, 0.3) is 6.08 Å². The first-order chi connectivity index (χ1) is 7.75. The van der Waals surface area contributed by atoms with Gasteiger partial charge in [-0.15, -0.1) is 0 Å². The highest BCUT2D eigenvalue weighted by molar-refractivity contribution is 5.54. The lowest BCUT2D eigenvalue weighted by Crippen LogP contribution is -1.93. The van der Waals surface area contributed by atoms with Gasteiger partial charge in [-0.1, -0.05) is 18.1 Å². The van der Waals surface area contributed by atoms with Gasteiger partial charge in [0.05, 0.1) is 4.92 Å². The summed E-state index contributed by atoms with van der Waals surface area (Å²) in [5.41, 5.74) is 2.70. The van der Waals surface area contributed by atoms with Crippen LogP contribution in [0.15, 0.2) is 29.8 Å². The predicted molar refractivity (Wildman–Crippen MR) is 64.2 cm³/mol. The SMILES string of the molecule is O=[N+]([O-])c1ccc(C=C2CCCCC2)cc1. The van der Waals surface area contributed by atoms with E-state index in [1.54, 1.807) is 12.1 Å². The van der Waals surface area contributed by atoms with Gasteiger partial charge in [-0.2, -0.15) is 0 Å². The van der Waals surface area contributed by atoms with Gasteiger partial charge in [0.2, 0.25) is 0 Å². The molecule has 0 aliphatic heterocycles. The topological polar surface area (TPSA) is 43.1 Å². The second-order valence-electron chi connectivity index (χ2n) is 4.21. The van der Waals surface area contributed by atoms with Crippen LogP contribution < -0.4 is 0 Å². The summed E-state index contributed by atoms with van der Waals surface area (Å²) in [4.78, 5) is 10.1. The van der Waals surface area contributed by atoms with Crippen LogP contribution in [-0.4, -0.2) is 4.92 Å². The lowest BCUT2D eigenvalue weighted by Gasteiger charge is -2.13. The summed E-state index contributed by atoms with van der Waals surface area (Å²) in [5.74, 6) is 0. The molecule has 84 valence electrons. The third-order valence-electron chi connectivity index (χ3n) is 2.97. The van der Waals surface area contributed by atoms with Crippen LogP contribution in [0.4, 0.5) is 5.69 Å². The second kappa shape index (κ2) is 4.92. The largest absolute Gasteiger partial charge is 0.269 e. The number of rotatable bonds is 2. The Morgan fingerprint density at radius 2 is 1.69 bits per heavy atom. The molecule has 0 N–H and O–H groups in total. The highest BCUT2D eigenvalue weighted by atomic mass is 16.6. The Bertz CT molecular complexity index is 398. The fraction of sp³-hybridized carbons (Fsp3) is 0.385. The fourth-order valence-electron chi connectivity index (χ4n) is 2.08. The zero-order valence-electron chi connectivity index (χ0n) is 9.19. The highest BCUT2D eigenvalue weighted by Crippen LogP contribution is 2.25. The van der Waals surface area contributed by atoms with Crippen molar-refractivity contribution in [3.05, 3.63) is 45.5 Å². The molecule has 1 saturated carbocycles. The van der Waals surface area contributed by atoms with Gasteiger partial charge in [0.1, 0.15) is 0 Å². The number of nitrogens with zero attached hydrogens (tertiary/aromatic N) is 1. The molecule has 0 spiro atoms. The van der Waals surface area contributed by atoms with Gasteiger partial charge in [0.15, 0.2) is 0 Å². The number of benzene rings is 1.